The third-order valence-corrected chi connectivity index (χ3v) is 8.00. The van der Waals surface area contributed by atoms with Crippen molar-refractivity contribution in [2.75, 3.05) is 25.1 Å². The minimum Gasteiger partial charge on any atom is -0.490 e. The van der Waals surface area contributed by atoms with Crippen LogP contribution >= 0.6 is 11.3 Å². The lowest BCUT2D eigenvalue weighted by molar-refractivity contribution is -0.127. The van der Waals surface area contributed by atoms with Gasteiger partial charge in [0, 0.05) is 10.4 Å². The van der Waals surface area contributed by atoms with E-state index in [0.717, 1.165) is 48.1 Å². The number of aryl methyl sites for hydroxylation is 1. The average Bonchev–Trinajstić information content (AvgIpc) is 3.39. The summed E-state index contributed by atoms with van der Waals surface area (Å²) in [6, 6.07) is 11.9. The first-order valence-corrected chi connectivity index (χ1v) is 15.8. The zero-order chi connectivity index (χ0) is 31.5. The number of thiophene rings is 1. The maximum Gasteiger partial charge on any atom is 0.341 e. The molecule has 0 aliphatic heterocycles. The summed E-state index contributed by atoms with van der Waals surface area (Å²) in [5, 5.41) is 7.46. The summed E-state index contributed by atoms with van der Waals surface area (Å²) in [6.07, 6.45) is 5.31. The van der Waals surface area contributed by atoms with Gasteiger partial charge in [0.1, 0.15) is 10.8 Å². The van der Waals surface area contributed by atoms with Crippen LogP contribution in [0.25, 0.3) is 0 Å². The summed E-state index contributed by atoms with van der Waals surface area (Å²) in [7, 11) is 0. The smallest absolute Gasteiger partial charge is 0.341 e. The lowest BCUT2D eigenvalue weighted by Gasteiger charge is -2.14. The van der Waals surface area contributed by atoms with Crippen molar-refractivity contribution in [3.63, 3.8) is 0 Å². The molecule has 2 aromatic carbocycles. The number of esters is 1. The lowest BCUT2D eigenvalue weighted by atomic mass is 9.95. The summed E-state index contributed by atoms with van der Waals surface area (Å²) in [5.41, 5.74) is 5.06. The number of hydrogen-bond donors (Lipinski definition) is 2. The topological polar surface area (TPSA) is 125 Å². The van der Waals surface area contributed by atoms with Crippen LogP contribution in [0, 0.1) is 0 Å². The second-order valence-electron chi connectivity index (χ2n) is 10.1. The van der Waals surface area contributed by atoms with Crippen LogP contribution in [0.1, 0.15) is 83.7 Å². The van der Waals surface area contributed by atoms with Crippen molar-refractivity contribution < 1.29 is 33.3 Å². The Kier molecular flexibility index (Phi) is 11.8. The molecule has 2 amide bonds. The minimum absolute atomic E-state index is 0.263. The zero-order valence-corrected chi connectivity index (χ0v) is 26.4. The van der Waals surface area contributed by atoms with Gasteiger partial charge >= 0.3 is 5.97 Å². The van der Waals surface area contributed by atoms with Gasteiger partial charge in [0.25, 0.3) is 11.8 Å². The fourth-order valence-corrected chi connectivity index (χ4v) is 5.93. The molecule has 0 radical (unpaired) electrons. The highest BCUT2D eigenvalue weighted by molar-refractivity contribution is 7.17. The predicted molar refractivity (Wildman–Crippen MR) is 171 cm³/mol. The van der Waals surface area contributed by atoms with E-state index in [-0.39, 0.29) is 12.5 Å². The van der Waals surface area contributed by atoms with Gasteiger partial charge in [0.2, 0.25) is 0 Å². The molecule has 1 aliphatic rings. The van der Waals surface area contributed by atoms with E-state index >= 15 is 0 Å². The van der Waals surface area contributed by atoms with E-state index in [9.17, 15) is 14.4 Å². The van der Waals surface area contributed by atoms with E-state index in [1.165, 1.54) is 17.6 Å². The van der Waals surface area contributed by atoms with E-state index < -0.39 is 18.0 Å². The Morgan fingerprint density at radius 2 is 1.75 bits per heavy atom. The maximum atomic E-state index is 13.1. The molecule has 2 N–H and O–H groups in total. The number of carbonyl (C=O) groups excluding carboxylic acids is 3. The van der Waals surface area contributed by atoms with Crippen LogP contribution < -0.4 is 25.0 Å². The Labute approximate surface area is 261 Å². The quantitative estimate of drug-likeness (QED) is 0.125. The second kappa shape index (κ2) is 15.9. The number of anilines is 1. The summed E-state index contributed by atoms with van der Waals surface area (Å²) in [4.78, 5) is 39.5. The first kappa shape index (κ1) is 32.5. The highest BCUT2D eigenvalue weighted by atomic mass is 32.1. The first-order valence-electron chi connectivity index (χ1n) is 15.0. The van der Waals surface area contributed by atoms with Crippen molar-refractivity contribution in [2.45, 2.75) is 65.9 Å². The highest BCUT2D eigenvalue weighted by Crippen LogP contribution is 2.39. The molecular formula is C33H39N3O7S. The van der Waals surface area contributed by atoms with E-state index in [2.05, 4.69) is 15.8 Å². The van der Waals surface area contributed by atoms with E-state index in [0.29, 0.717) is 46.6 Å². The zero-order valence-electron chi connectivity index (χ0n) is 25.6. The van der Waals surface area contributed by atoms with Crippen LogP contribution in [0.3, 0.4) is 0 Å². The van der Waals surface area contributed by atoms with Crippen molar-refractivity contribution >= 4 is 40.3 Å². The van der Waals surface area contributed by atoms with Gasteiger partial charge < -0.3 is 24.3 Å². The molecule has 11 heteroatoms. The number of amides is 2. The number of hydrazone groups is 1. The van der Waals surface area contributed by atoms with Crippen LogP contribution in [-0.2, 0) is 22.4 Å². The molecule has 234 valence electrons. The van der Waals surface area contributed by atoms with Gasteiger partial charge in [0.05, 0.1) is 31.6 Å². The molecule has 1 heterocycles. The summed E-state index contributed by atoms with van der Waals surface area (Å²) >= 11 is 1.44. The molecule has 0 bridgehead atoms. The Hall–Kier alpha value is -4.38. The molecule has 1 aliphatic carbocycles. The Balaban J connectivity index is 1.33. The molecule has 10 nitrogen and oxygen atoms in total. The Morgan fingerprint density at radius 1 is 0.977 bits per heavy atom. The maximum absolute atomic E-state index is 13.1. The minimum atomic E-state index is -0.847. The van der Waals surface area contributed by atoms with Crippen LogP contribution in [0.2, 0.25) is 0 Å². The number of hydrogen-bond acceptors (Lipinski definition) is 9. The van der Waals surface area contributed by atoms with Crippen molar-refractivity contribution in [3.8, 4) is 17.2 Å². The number of nitrogens with zero attached hydrogens (tertiary/aromatic N) is 1. The lowest BCUT2D eigenvalue weighted by Crippen LogP contribution is -2.33. The van der Waals surface area contributed by atoms with E-state index in [1.54, 1.807) is 44.2 Å². The summed E-state index contributed by atoms with van der Waals surface area (Å²) in [6.45, 7) is 8.64. The molecule has 0 fully saturated rings. The molecule has 1 unspecified atom stereocenters. The molecule has 4 rings (SSSR count). The fraction of sp³-hybridized carbons (Fsp3) is 0.394. The summed E-state index contributed by atoms with van der Waals surface area (Å²) < 4.78 is 22.4. The van der Waals surface area contributed by atoms with Gasteiger partial charge in [-0.1, -0.05) is 6.92 Å². The molecule has 44 heavy (non-hydrogen) atoms. The number of rotatable bonds is 14. The highest BCUT2D eigenvalue weighted by Gasteiger charge is 2.27. The molecule has 3 aromatic rings. The Morgan fingerprint density at radius 3 is 2.48 bits per heavy atom. The monoisotopic (exact) mass is 621 g/mol. The second-order valence-corrected chi connectivity index (χ2v) is 11.2. The first-order chi connectivity index (χ1) is 21.3. The van der Waals surface area contributed by atoms with Crippen molar-refractivity contribution in [3.05, 3.63) is 69.6 Å². The molecule has 0 saturated heterocycles. The van der Waals surface area contributed by atoms with Gasteiger partial charge in [-0.15, -0.1) is 11.3 Å². The average molecular weight is 622 g/mol. The number of carbonyl (C=O) groups is 3. The van der Waals surface area contributed by atoms with Crippen LogP contribution in [0.4, 0.5) is 5.00 Å². The standard InChI is InChI=1S/C33H39N3O7S/c1-5-18-42-26-17-12-22(19-27(26)40-6-2)20-34-36-30(37)21(4)43-24-15-13-23(14-16-24)31(38)35-32-29(33(39)41-7-3)25-10-8-9-11-28(25)44-32/h12-17,19-21H,5-11,18H2,1-4H3,(H,35,38)(H,36,37)/b34-20+. The predicted octanol–water partition coefficient (Wildman–Crippen LogP) is 6.16. The molecule has 1 atom stereocenters. The van der Waals surface area contributed by atoms with Crippen molar-refractivity contribution in [2.24, 2.45) is 5.10 Å². The number of fused-ring (bicyclic) bond motifs is 1. The fourth-order valence-electron chi connectivity index (χ4n) is 4.66. The van der Waals surface area contributed by atoms with E-state index in [4.69, 9.17) is 18.9 Å². The van der Waals surface area contributed by atoms with Crippen molar-refractivity contribution in [1.82, 2.24) is 5.43 Å². The summed E-state index contributed by atoms with van der Waals surface area (Å²) in [5.74, 6) is 0.484. The van der Waals surface area contributed by atoms with Gasteiger partial charge in [-0.3, -0.25) is 9.59 Å². The largest absolute Gasteiger partial charge is 0.490 e. The SMILES string of the molecule is CCCOc1ccc(/C=N/NC(=O)C(C)Oc2ccc(C(=O)Nc3sc4c(c3C(=O)OCC)CCCC4)cc2)cc1OCC. The van der Waals surface area contributed by atoms with Gasteiger partial charge in [-0.05, 0) is 106 Å². The molecular weight excluding hydrogens is 582 g/mol. The van der Waals surface area contributed by atoms with Crippen LogP contribution in [0.5, 0.6) is 17.2 Å². The van der Waals surface area contributed by atoms with Gasteiger partial charge in [0.15, 0.2) is 17.6 Å². The third-order valence-electron chi connectivity index (χ3n) is 6.79. The normalized spacial score (nSPS) is 13.1. The van der Waals surface area contributed by atoms with Crippen molar-refractivity contribution in [1.29, 1.82) is 0 Å². The number of nitrogens with one attached hydrogen (secondary N) is 2. The molecule has 0 spiro atoms. The third kappa shape index (κ3) is 8.37. The van der Waals surface area contributed by atoms with Crippen LogP contribution in [-0.4, -0.2) is 49.9 Å². The number of benzene rings is 2. The van der Waals surface area contributed by atoms with Crippen LogP contribution in [0.15, 0.2) is 47.6 Å². The molecule has 1 aromatic heterocycles. The van der Waals surface area contributed by atoms with Gasteiger partial charge in [-0.25, -0.2) is 10.2 Å². The van der Waals surface area contributed by atoms with E-state index in [1.807, 2.05) is 26.0 Å². The van der Waals surface area contributed by atoms with Gasteiger partial charge in [-0.2, -0.15) is 5.10 Å². The number of ether oxygens (including phenoxy) is 4. The Bertz CT molecular complexity index is 1480. The molecule has 0 saturated carbocycles.